The molecule has 0 aliphatic heterocycles. The molecule has 8 heteroatoms. The lowest BCUT2D eigenvalue weighted by atomic mass is 9.83. The zero-order valence-electron chi connectivity index (χ0n) is 17.1. The molecule has 0 radical (unpaired) electrons. The van der Waals surface area contributed by atoms with Gasteiger partial charge in [-0.15, -0.1) is 0 Å². The molecule has 0 bridgehead atoms. The van der Waals surface area contributed by atoms with Crippen LogP contribution in [0.15, 0.2) is 0 Å². The fraction of sp³-hybridized carbons (Fsp3) is 0.684. The van der Waals surface area contributed by atoms with Crippen molar-refractivity contribution >= 4 is 12.4 Å². The van der Waals surface area contributed by atoms with Crippen LogP contribution in [0, 0.1) is 5.41 Å². The molecule has 1 aliphatic carbocycles. The quantitative estimate of drug-likeness (QED) is 0.785. The molecule has 0 aromatic carbocycles. The minimum atomic E-state index is -0.598. The Bertz CT molecular complexity index is 712. The van der Waals surface area contributed by atoms with E-state index in [1.807, 2.05) is 20.8 Å². The van der Waals surface area contributed by atoms with E-state index >= 15 is 0 Å². The molecule has 1 fully saturated rings. The minimum absolute atomic E-state index is 0.150. The summed E-state index contributed by atoms with van der Waals surface area (Å²) in [6, 6.07) is -0.265. The zero-order chi connectivity index (χ0) is 20.4. The third-order valence-electron chi connectivity index (χ3n) is 4.76. The average molecular weight is 379 g/mol. The van der Waals surface area contributed by atoms with Gasteiger partial charge in [0, 0.05) is 12.0 Å². The first-order chi connectivity index (χ1) is 12.5. The van der Waals surface area contributed by atoms with E-state index in [1.54, 1.807) is 0 Å². The van der Waals surface area contributed by atoms with E-state index in [4.69, 9.17) is 14.2 Å². The number of carbonyl (C=O) groups excluding carboxylic acids is 2. The summed E-state index contributed by atoms with van der Waals surface area (Å²) in [7, 11) is 2.90. The summed E-state index contributed by atoms with van der Waals surface area (Å²) < 4.78 is 15.8. The molecular formula is C19H29N3O5. The lowest BCUT2D eigenvalue weighted by molar-refractivity contribution is 0.0465. The van der Waals surface area contributed by atoms with E-state index in [0.29, 0.717) is 12.0 Å². The zero-order valence-corrected chi connectivity index (χ0v) is 17.1. The van der Waals surface area contributed by atoms with Crippen molar-refractivity contribution in [2.75, 3.05) is 14.2 Å². The van der Waals surface area contributed by atoms with Crippen molar-refractivity contribution in [1.29, 1.82) is 0 Å². The van der Waals surface area contributed by atoms with Crippen LogP contribution in [0.1, 0.15) is 69.6 Å². The molecule has 150 valence electrons. The maximum absolute atomic E-state index is 12.4. The Morgan fingerprint density at radius 3 is 2.30 bits per heavy atom. The maximum Gasteiger partial charge on any atom is 0.407 e. The topological polar surface area (TPSA) is 99.6 Å². The Hall–Kier alpha value is -2.38. The number of hydrogen-bond donors (Lipinski definition) is 1. The number of carbonyl (C=O) groups is 2. The van der Waals surface area contributed by atoms with Crippen LogP contribution in [-0.2, 0) is 4.74 Å². The van der Waals surface area contributed by atoms with Crippen LogP contribution in [0.2, 0.25) is 0 Å². The van der Waals surface area contributed by atoms with Gasteiger partial charge in [0.15, 0.2) is 6.29 Å². The second kappa shape index (κ2) is 7.70. The summed E-state index contributed by atoms with van der Waals surface area (Å²) in [5.41, 5.74) is -0.115. The number of alkyl carbamates (subject to hydrolysis) is 1. The van der Waals surface area contributed by atoms with Crippen LogP contribution in [0.5, 0.6) is 11.8 Å². The number of aldehydes is 1. The SMILES string of the molecule is COc1nc(C=O)c(C2CCC(C)(C)C2NC(=O)OC(C)(C)C)nc1OC. The summed E-state index contributed by atoms with van der Waals surface area (Å²) >= 11 is 0. The van der Waals surface area contributed by atoms with Crippen LogP contribution >= 0.6 is 0 Å². The van der Waals surface area contributed by atoms with Crippen molar-refractivity contribution in [3.05, 3.63) is 11.4 Å². The van der Waals surface area contributed by atoms with E-state index in [9.17, 15) is 9.59 Å². The summed E-state index contributed by atoms with van der Waals surface area (Å²) in [4.78, 5) is 32.7. The molecule has 2 rings (SSSR count). The van der Waals surface area contributed by atoms with Crippen molar-refractivity contribution in [3.8, 4) is 11.8 Å². The summed E-state index contributed by atoms with van der Waals surface area (Å²) in [6.45, 7) is 9.59. The third-order valence-corrected chi connectivity index (χ3v) is 4.76. The summed E-state index contributed by atoms with van der Waals surface area (Å²) in [6.07, 6.45) is 1.76. The first kappa shape index (κ1) is 20.9. The fourth-order valence-corrected chi connectivity index (χ4v) is 3.47. The van der Waals surface area contributed by atoms with Gasteiger partial charge in [-0.1, -0.05) is 13.8 Å². The Morgan fingerprint density at radius 2 is 1.78 bits per heavy atom. The summed E-state index contributed by atoms with van der Waals surface area (Å²) in [5, 5.41) is 2.97. The van der Waals surface area contributed by atoms with Crippen LogP contribution < -0.4 is 14.8 Å². The smallest absolute Gasteiger partial charge is 0.407 e. The number of methoxy groups -OCH3 is 2. The Labute approximate surface area is 160 Å². The van der Waals surface area contributed by atoms with Gasteiger partial charge in [0.1, 0.15) is 11.3 Å². The molecule has 2 unspecified atom stereocenters. The Balaban J connectivity index is 2.40. The van der Waals surface area contributed by atoms with Gasteiger partial charge in [0.25, 0.3) is 11.8 Å². The van der Waals surface area contributed by atoms with Crippen LogP contribution in [-0.4, -0.2) is 48.2 Å². The molecule has 1 aromatic rings. The monoisotopic (exact) mass is 379 g/mol. The molecule has 1 saturated carbocycles. The number of hydrogen-bond acceptors (Lipinski definition) is 7. The number of rotatable bonds is 5. The molecular weight excluding hydrogens is 350 g/mol. The predicted octanol–water partition coefficient (Wildman–Crippen LogP) is 3.10. The van der Waals surface area contributed by atoms with Crippen LogP contribution in [0.4, 0.5) is 4.79 Å². The molecule has 1 aliphatic rings. The van der Waals surface area contributed by atoms with Gasteiger partial charge < -0.3 is 19.5 Å². The first-order valence-corrected chi connectivity index (χ1v) is 8.97. The highest BCUT2D eigenvalue weighted by Crippen LogP contribution is 2.47. The van der Waals surface area contributed by atoms with Gasteiger partial charge >= 0.3 is 6.09 Å². The van der Waals surface area contributed by atoms with Crippen molar-refractivity contribution in [3.63, 3.8) is 0 Å². The predicted molar refractivity (Wildman–Crippen MR) is 99.4 cm³/mol. The van der Waals surface area contributed by atoms with E-state index in [0.717, 1.165) is 12.8 Å². The average Bonchev–Trinajstić information content (AvgIpc) is 2.86. The normalized spacial score (nSPS) is 21.4. The fourth-order valence-electron chi connectivity index (χ4n) is 3.47. The third kappa shape index (κ3) is 4.67. The largest absolute Gasteiger partial charge is 0.477 e. The highest BCUT2D eigenvalue weighted by molar-refractivity contribution is 5.75. The second-order valence-electron chi connectivity index (χ2n) is 8.39. The molecule has 27 heavy (non-hydrogen) atoms. The number of nitrogens with zero attached hydrogens (tertiary/aromatic N) is 2. The van der Waals surface area contributed by atoms with Crippen molar-refractivity contribution in [1.82, 2.24) is 15.3 Å². The Kier molecular flexibility index (Phi) is 5.97. The molecule has 0 spiro atoms. The molecule has 1 amide bonds. The van der Waals surface area contributed by atoms with Gasteiger partial charge in [-0.2, -0.15) is 0 Å². The molecule has 2 atom stereocenters. The van der Waals surface area contributed by atoms with E-state index in [1.165, 1.54) is 14.2 Å². The maximum atomic E-state index is 12.4. The highest BCUT2D eigenvalue weighted by atomic mass is 16.6. The molecule has 1 N–H and O–H groups in total. The lowest BCUT2D eigenvalue weighted by Gasteiger charge is -2.32. The first-order valence-electron chi connectivity index (χ1n) is 8.97. The van der Waals surface area contributed by atoms with Crippen molar-refractivity contribution < 1.29 is 23.8 Å². The standard InChI is InChI=1S/C19H29N3O5/c1-18(2,3)27-17(24)22-14-11(8-9-19(14,4)5)13-12(10-23)20-15(25-6)16(21-13)26-7/h10-11,14H,8-9H2,1-7H3,(H,22,24). The van der Waals surface area contributed by atoms with Gasteiger partial charge in [-0.05, 0) is 39.0 Å². The number of nitrogens with one attached hydrogen (secondary N) is 1. The van der Waals surface area contributed by atoms with Gasteiger partial charge in [-0.25, -0.2) is 14.8 Å². The minimum Gasteiger partial charge on any atom is -0.477 e. The van der Waals surface area contributed by atoms with Gasteiger partial charge in [-0.3, -0.25) is 4.79 Å². The lowest BCUT2D eigenvalue weighted by Crippen LogP contribution is -2.46. The highest BCUT2D eigenvalue weighted by Gasteiger charge is 2.46. The number of aromatic nitrogens is 2. The Morgan fingerprint density at radius 1 is 1.19 bits per heavy atom. The molecule has 1 aromatic heterocycles. The van der Waals surface area contributed by atoms with Crippen LogP contribution in [0.3, 0.4) is 0 Å². The molecule has 1 heterocycles. The van der Waals surface area contributed by atoms with Crippen molar-refractivity contribution in [2.45, 2.75) is 65.0 Å². The second-order valence-corrected chi connectivity index (χ2v) is 8.39. The van der Waals surface area contributed by atoms with Crippen molar-refractivity contribution in [2.24, 2.45) is 5.41 Å². The number of ether oxygens (including phenoxy) is 3. The van der Waals surface area contributed by atoms with E-state index < -0.39 is 11.7 Å². The number of amides is 1. The molecule has 0 saturated heterocycles. The summed E-state index contributed by atoms with van der Waals surface area (Å²) in [5.74, 6) is 0.163. The van der Waals surface area contributed by atoms with Gasteiger partial charge in [0.05, 0.1) is 19.9 Å². The van der Waals surface area contributed by atoms with Crippen LogP contribution in [0.25, 0.3) is 0 Å². The molecule has 8 nitrogen and oxygen atoms in total. The van der Waals surface area contributed by atoms with E-state index in [-0.39, 0.29) is 34.8 Å². The van der Waals surface area contributed by atoms with Gasteiger partial charge in [0.2, 0.25) is 0 Å². The van der Waals surface area contributed by atoms with E-state index in [2.05, 4.69) is 29.1 Å².